The van der Waals surface area contributed by atoms with Crippen molar-refractivity contribution in [1.82, 2.24) is 24.1 Å². The van der Waals surface area contributed by atoms with E-state index in [4.69, 9.17) is 16.3 Å². The van der Waals surface area contributed by atoms with Gasteiger partial charge in [-0.2, -0.15) is 0 Å². The maximum absolute atomic E-state index is 13.7. The van der Waals surface area contributed by atoms with Crippen LogP contribution in [0.5, 0.6) is 5.88 Å². The Hall–Kier alpha value is -3.82. The van der Waals surface area contributed by atoms with Crippen molar-refractivity contribution in [3.8, 4) is 5.88 Å². The third-order valence-electron chi connectivity index (χ3n) is 6.81. The highest BCUT2D eigenvalue weighted by molar-refractivity contribution is 6.36. The van der Waals surface area contributed by atoms with Gasteiger partial charge in [-0.15, -0.1) is 0 Å². The summed E-state index contributed by atoms with van der Waals surface area (Å²) in [5, 5.41) is 13.3. The fourth-order valence-corrected chi connectivity index (χ4v) is 5.05. The number of aromatic nitrogens is 5. The third kappa shape index (κ3) is 4.31. The van der Waals surface area contributed by atoms with Gasteiger partial charge in [-0.3, -0.25) is 0 Å². The number of alkyl halides is 2. The molecule has 0 fully saturated rings. The van der Waals surface area contributed by atoms with Crippen LogP contribution in [-0.2, 0) is 32.0 Å². The van der Waals surface area contributed by atoms with Crippen molar-refractivity contribution in [3.05, 3.63) is 106 Å². The Morgan fingerprint density at radius 2 is 1.53 bits per heavy atom. The first kappa shape index (κ1) is 25.8. The summed E-state index contributed by atoms with van der Waals surface area (Å²) in [5.74, 6) is -2.58. The highest BCUT2D eigenvalue weighted by Gasteiger charge is 2.39. The molecule has 5 aromatic rings. The Bertz CT molecular complexity index is 1580. The van der Waals surface area contributed by atoms with Crippen LogP contribution < -0.4 is 4.74 Å². The SMILES string of the molecule is COc1nc2ccc(C(O)(c3cncn3C)c3cncn3C)cc2c(Cl)c1Cc1ccc(C(C)(F)F)cc1. The van der Waals surface area contributed by atoms with Crippen molar-refractivity contribution in [3.63, 3.8) is 0 Å². The topological polar surface area (TPSA) is 78.0 Å². The summed E-state index contributed by atoms with van der Waals surface area (Å²) in [5.41, 5.74) is 1.96. The molecular formula is C28H26ClF2N5O2. The molecule has 2 aromatic carbocycles. The van der Waals surface area contributed by atoms with Crippen LogP contribution in [-0.4, -0.2) is 36.3 Å². The van der Waals surface area contributed by atoms with Crippen LogP contribution >= 0.6 is 11.6 Å². The molecule has 0 aliphatic heterocycles. The van der Waals surface area contributed by atoms with E-state index in [-0.39, 0.29) is 5.56 Å². The Balaban J connectivity index is 1.66. The lowest BCUT2D eigenvalue weighted by Gasteiger charge is -2.29. The minimum atomic E-state index is -2.92. The number of nitrogens with zero attached hydrogens (tertiary/aromatic N) is 5. The second-order valence-corrected chi connectivity index (χ2v) is 9.78. The zero-order valence-corrected chi connectivity index (χ0v) is 22.0. The van der Waals surface area contributed by atoms with E-state index in [2.05, 4.69) is 15.0 Å². The molecule has 196 valence electrons. The number of aliphatic hydroxyl groups is 1. The molecule has 5 rings (SSSR count). The lowest BCUT2D eigenvalue weighted by molar-refractivity contribution is 0.0174. The average molecular weight is 538 g/mol. The predicted molar refractivity (Wildman–Crippen MR) is 141 cm³/mol. The first-order chi connectivity index (χ1) is 18.0. The Morgan fingerprint density at radius 3 is 2.03 bits per heavy atom. The second kappa shape index (κ2) is 9.49. The molecule has 1 N–H and O–H groups in total. The van der Waals surface area contributed by atoms with E-state index in [9.17, 15) is 13.9 Å². The molecule has 7 nitrogen and oxygen atoms in total. The maximum Gasteiger partial charge on any atom is 0.270 e. The summed E-state index contributed by atoms with van der Waals surface area (Å²) >= 11 is 6.96. The van der Waals surface area contributed by atoms with Gasteiger partial charge in [0.2, 0.25) is 5.88 Å². The number of benzene rings is 2. The fraction of sp³-hybridized carbons (Fsp3) is 0.250. The molecule has 0 saturated carbocycles. The molecule has 0 unspecified atom stereocenters. The molecule has 0 spiro atoms. The number of ether oxygens (including phenoxy) is 1. The van der Waals surface area contributed by atoms with Gasteiger partial charge in [0.25, 0.3) is 5.92 Å². The van der Waals surface area contributed by atoms with Crippen molar-refractivity contribution in [1.29, 1.82) is 0 Å². The number of hydrogen-bond donors (Lipinski definition) is 1. The Labute approximate surface area is 223 Å². The Morgan fingerprint density at radius 1 is 0.947 bits per heavy atom. The van der Waals surface area contributed by atoms with Gasteiger partial charge in [0, 0.05) is 44.0 Å². The van der Waals surface area contributed by atoms with Gasteiger partial charge in [-0.25, -0.2) is 23.7 Å². The maximum atomic E-state index is 13.7. The number of methoxy groups -OCH3 is 1. The summed E-state index contributed by atoms with van der Waals surface area (Å²) < 4.78 is 36.4. The predicted octanol–water partition coefficient (Wildman–Crippen LogP) is 5.35. The van der Waals surface area contributed by atoms with Crippen molar-refractivity contribution in [2.24, 2.45) is 14.1 Å². The summed E-state index contributed by atoms with van der Waals surface area (Å²) in [7, 11) is 5.12. The number of halogens is 3. The van der Waals surface area contributed by atoms with Crippen molar-refractivity contribution in [2.45, 2.75) is 24.9 Å². The van der Waals surface area contributed by atoms with Crippen LogP contribution in [0, 0.1) is 0 Å². The van der Waals surface area contributed by atoms with E-state index in [0.29, 0.717) is 50.7 Å². The van der Waals surface area contributed by atoms with Crippen LogP contribution in [0.25, 0.3) is 10.9 Å². The van der Waals surface area contributed by atoms with Gasteiger partial charge < -0.3 is 19.0 Å². The number of imidazole rings is 2. The first-order valence-corrected chi connectivity index (χ1v) is 12.2. The molecular weight excluding hydrogens is 512 g/mol. The van der Waals surface area contributed by atoms with Crippen LogP contribution in [0.3, 0.4) is 0 Å². The van der Waals surface area contributed by atoms with Gasteiger partial charge in [0.15, 0.2) is 5.60 Å². The summed E-state index contributed by atoms with van der Waals surface area (Å²) in [6.45, 7) is 0.866. The Kier molecular flexibility index (Phi) is 6.44. The van der Waals surface area contributed by atoms with Gasteiger partial charge in [0.05, 0.1) is 54.1 Å². The quantitative estimate of drug-likeness (QED) is 0.303. The van der Waals surface area contributed by atoms with Crippen molar-refractivity contribution in [2.75, 3.05) is 7.11 Å². The van der Waals surface area contributed by atoms with E-state index in [1.54, 1.807) is 64.5 Å². The fourth-order valence-electron chi connectivity index (χ4n) is 4.75. The molecule has 0 aliphatic carbocycles. The molecule has 3 heterocycles. The van der Waals surface area contributed by atoms with Crippen molar-refractivity contribution >= 4 is 22.5 Å². The first-order valence-electron chi connectivity index (χ1n) is 11.8. The molecule has 0 radical (unpaired) electrons. The van der Waals surface area contributed by atoms with Gasteiger partial charge in [0.1, 0.15) is 0 Å². The molecule has 0 atom stereocenters. The molecule has 38 heavy (non-hydrogen) atoms. The van der Waals surface area contributed by atoms with E-state index in [1.165, 1.54) is 19.2 Å². The van der Waals surface area contributed by atoms with Gasteiger partial charge >= 0.3 is 0 Å². The highest BCUT2D eigenvalue weighted by Crippen LogP contribution is 2.40. The van der Waals surface area contributed by atoms with E-state index in [0.717, 1.165) is 12.5 Å². The second-order valence-electron chi connectivity index (χ2n) is 9.40. The third-order valence-corrected chi connectivity index (χ3v) is 7.24. The van der Waals surface area contributed by atoms with E-state index >= 15 is 0 Å². The molecule has 10 heteroatoms. The highest BCUT2D eigenvalue weighted by atomic mass is 35.5. The number of pyridine rings is 1. The van der Waals surface area contributed by atoms with Gasteiger partial charge in [-0.1, -0.05) is 41.9 Å². The minimum Gasteiger partial charge on any atom is -0.481 e. The molecule has 0 bridgehead atoms. The van der Waals surface area contributed by atoms with Gasteiger partial charge in [-0.05, 0) is 23.3 Å². The number of rotatable bonds is 7. The summed E-state index contributed by atoms with van der Waals surface area (Å²) in [6, 6.07) is 11.5. The smallest absolute Gasteiger partial charge is 0.270 e. The number of hydrogen-bond acceptors (Lipinski definition) is 5. The van der Waals surface area contributed by atoms with Crippen LogP contribution in [0.15, 0.2) is 67.5 Å². The summed E-state index contributed by atoms with van der Waals surface area (Å²) in [4.78, 5) is 13.1. The largest absolute Gasteiger partial charge is 0.481 e. The van der Waals surface area contributed by atoms with Crippen LogP contribution in [0.2, 0.25) is 5.02 Å². The minimum absolute atomic E-state index is 0.0646. The van der Waals surface area contributed by atoms with E-state index < -0.39 is 11.5 Å². The number of fused-ring (bicyclic) bond motifs is 1. The van der Waals surface area contributed by atoms with Crippen LogP contribution in [0.1, 0.15) is 40.6 Å². The van der Waals surface area contributed by atoms with Crippen molar-refractivity contribution < 1.29 is 18.6 Å². The van der Waals surface area contributed by atoms with Crippen LogP contribution in [0.4, 0.5) is 8.78 Å². The standard InChI is InChI=1S/C28H26ClF2N5O2/c1-27(30,31)18-7-5-17(6-8-18)11-21-25(29)20-12-19(9-10-22(20)34-26(21)38-4)28(37,23-13-32-15-35(23)2)24-14-33-16-36(24)3/h5-10,12-16,37H,11H2,1-4H3. The monoisotopic (exact) mass is 537 g/mol. The molecule has 0 aliphatic rings. The zero-order valence-electron chi connectivity index (χ0n) is 21.3. The molecule has 0 amide bonds. The normalized spacial score (nSPS) is 12.3. The van der Waals surface area contributed by atoms with E-state index in [1.807, 2.05) is 14.1 Å². The average Bonchev–Trinajstić information content (AvgIpc) is 3.53. The number of aryl methyl sites for hydroxylation is 2. The summed E-state index contributed by atoms with van der Waals surface area (Å²) in [6.07, 6.45) is 6.78. The lowest BCUT2D eigenvalue weighted by atomic mass is 9.86. The lowest BCUT2D eigenvalue weighted by Crippen LogP contribution is -2.33. The zero-order chi connectivity index (χ0) is 27.2. The molecule has 3 aromatic heterocycles. The molecule has 0 saturated heterocycles.